The molecule has 1 fully saturated rings. The highest BCUT2D eigenvalue weighted by molar-refractivity contribution is 8.56. The molecule has 0 aliphatic carbocycles. The predicted octanol–water partition coefficient (Wildman–Crippen LogP) is 5.73. The Morgan fingerprint density at radius 3 is 2.02 bits per heavy atom. The molecule has 45 heavy (non-hydrogen) atoms. The fourth-order valence-corrected chi connectivity index (χ4v) is 6.89. The van der Waals surface area contributed by atoms with E-state index in [1.54, 1.807) is 34.1 Å². The van der Waals surface area contributed by atoms with Gasteiger partial charge in [0.05, 0.1) is 26.9 Å². The minimum Gasteiger partial charge on any atom is -0.497 e. The quantitative estimate of drug-likeness (QED) is 0.151. The molecular formula is C33H37N2O8PS. The van der Waals surface area contributed by atoms with Crippen molar-refractivity contribution in [1.29, 1.82) is 0 Å². The molecule has 5 rings (SSSR count). The van der Waals surface area contributed by atoms with Crippen LogP contribution in [0.4, 0.5) is 0 Å². The van der Waals surface area contributed by atoms with Gasteiger partial charge in [0.15, 0.2) is 0 Å². The maximum Gasteiger partial charge on any atom is 0.330 e. The van der Waals surface area contributed by atoms with Crippen LogP contribution in [0.1, 0.15) is 34.9 Å². The molecule has 10 nitrogen and oxygen atoms in total. The van der Waals surface area contributed by atoms with Gasteiger partial charge in [-0.1, -0.05) is 66.0 Å². The SMILES string of the molecule is COc1ccc(C(OC[C@H]2O[C@@H](n3cc(C)c(=O)[nH]c3=O)C[C@@H]2O[P@](C)(=O)SC)(c2ccccc2)c2ccc(OC)cc2)cc1. The fourth-order valence-electron chi connectivity index (χ4n) is 5.50. The molecule has 1 aliphatic rings. The third kappa shape index (κ3) is 6.98. The standard InChI is InChI=1S/C33H37N2O8PS/c1-22-20-35(32(37)34-31(22)36)30-19-28(43-44(4,38)45-5)29(42-30)21-41-33(23-9-7-6-8-10-23,24-11-15-26(39-2)16-12-24)25-13-17-27(40-3)18-14-25/h6-18,20,28-30H,19,21H2,1-5H3,(H,34,36,37)/t28-,29+,30+,44-/m0/s1. The Kier molecular flexibility index (Phi) is 10.1. The summed E-state index contributed by atoms with van der Waals surface area (Å²) in [4.78, 5) is 27.2. The highest BCUT2D eigenvalue weighted by Gasteiger charge is 2.44. The summed E-state index contributed by atoms with van der Waals surface area (Å²) < 4.78 is 45.0. The number of rotatable bonds is 12. The summed E-state index contributed by atoms with van der Waals surface area (Å²) in [5.74, 6) is 1.39. The minimum atomic E-state index is -3.06. The highest BCUT2D eigenvalue weighted by Crippen LogP contribution is 2.57. The Labute approximate surface area is 265 Å². The van der Waals surface area contributed by atoms with E-state index in [1.807, 2.05) is 78.9 Å². The average molecular weight is 653 g/mol. The summed E-state index contributed by atoms with van der Waals surface area (Å²) >= 11 is 1.14. The first-order valence-corrected chi connectivity index (χ1v) is 18.3. The van der Waals surface area contributed by atoms with Crippen molar-refractivity contribution in [1.82, 2.24) is 9.55 Å². The molecule has 0 radical (unpaired) electrons. The Hall–Kier alpha value is -3.60. The van der Waals surface area contributed by atoms with Crippen LogP contribution in [-0.2, 0) is 24.2 Å². The lowest BCUT2D eigenvalue weighted by Crippen LogP contribution is -2.38. The zero-order chi connectivity index (χ0) is 32.2. The molecule has 1 saturated heterocycles. The van der Waals surface area contributed by atoms with Crippen LogP contribution < -0.4 is 20.7 Å². The minimum absolute atomic E-state index is 0.0135. The van der Waals surface area contributed by atoms with Crippen LogP contribution in [0.5, 0.6) is 11.5 Å². The van der Waals surface area contributed by atoms with Gasteiger partial charge in [-0.05, 0) is 54.1 Å². The van der Waals surface area contributed by atoms with E-state index in [-0.39, 0.29) is 13.0 Å². The maximum atomic E-state index is 13.2. The van der Waals surface area contributed by atoms with Crippen molar-refractivity contribution < 1.29 is 28.0 Å². The summed E-state index contributed by atoms with van der Waals surface area (Å²) in [5, 5.41) is 0. The average Bonchev–Trinajstić information content (AvgIpc) is 3.45. The summed E-state index contributed by atoms with van der Waals surface area (Å²) in [7, 11) is 3.23. The first kappa shape index (κ1) is 32.8. The van der Waals surface area contributed by atoms with Crippen molar-refractivity contribution in [2.75, 3.05) is 33.7 Å². The molecule has 0 unspecified atom stereocenters. The van der Waals surface area contributed by atoms with Gasteiger partial charge in [-0.15, -0.1) is 0 Å². The van der Waals surface area contributed by atoms with Crippen molar-refractivity contribution in [3.8, 4) is 11.5 Å². The van der Waals surface area contributed by atoms with Crippen molar-refractivity contribution in [3.05, 3.63) is 128 Å². The molecule has 1 aliphatic heterocycles. The number of aryl methyl sites for hydroxylation is 1. The van der Waals surface area contributed by atoms with E-state index in [9.17, 15) is 14.2 Å². The van der Waals surface area contributed by atoms with Gasteiger partial charge < -0.3 is 23.5 Å². The van der Waals surface area contributed by atoms with Crippen LogP contribution in [0.15, 0.2) is 94.6 Å². The summed E-state index contributed by atoms with van der Waals surface area (Å²) in [6, 6.07) is 25.2. The Morgan fingerprint density at radius 2 is 1.49 bits per heavy atom. The third-order valence-electron chi connectivity index (χ3n) is 7.93. The molecule has 0 amide bonds. The molecule has 1 N–H and O–H groups in total. The second-order valence-electron chi connectivity index (χ2n) is 10.8. The number of H-pyrrole nitrogens is 1. The maximum absolute atomic E-state index is 13.2. The van der Waals surface area contributed by atoms with E-state index in [4.69, 9.17) is 23.5 Å². The molecule has 4 atom stereocenters. The van der Waals surface area contributed by atoms with Gasteiger partial charge in [-0.2, -0.15) is 0 Å². The number of aromatic amines is 1. The van der Waals surface area contributed by atoms with Gasteiger partial charge in [0.2, 0.25) is 0 Å². The number of aromatic nitrogens is 2. The summed E-state index contributed by atoms with van der Waals surface area (Å²) in [6.45, 7) is 0.131. The zero-order valence-electron chi connectivity index (χ0n) is 25.8. The Morgan fingerprint density at radius 1 is 0.933 bits per heavy atom. The van der Waals surface area contributed by atoms with Gasteiger partial charge in [-0.3, -0.25) is 18.9 Å². The van der Waals surface area contributed by atoms with Crippen molar-refractivity contribution in [3.63, 3.8) is 0 Å². The van der Waals surface area contributed by atoms with Crippen molar-refractivity contribution in [2.24, 2.45) is 0 Å². The molecular weight excluding hydrogens is 615 g/mol. The number of nitrogens with one attached hydrogen (secondary N) is 1. The number of hydrogen-bond donors (Lipinski definition) is 1. The lowest BCUT2D eigenvalue weighted by molar-refractivity contribution is -0.0911. The van der Waals surface area contributed by atoms with E-state index in [0.717, 1.165) is 28.1 Å². The fraction of sp³-hybridized carbons (Fsp3) is 0.333. The topological polar surface area (TPSA) is 118 Å². The van der Waals surface area contributed by atoms with Crippen LogP contribution >= 0.6 is 18.0 Å². The lowest BCUT2D eigenvalue weighted by Gasteiger charge is -2.37. The van der Waals surface area contributed by atoms with Gasteiger partial charge in [0.25, 0.3) is 12.1 Å². The van der Waals surface area contributed by atoms with Gasteiger partial charge in [0, 0.05) is 24.8 Å². The van der Waals surface area contributed by atoms with E-state index in [1.165, 1.54) is 10.8 Å². The molecule has 3 aromatic carbocycles. The molecule has 12 heteroatoms. The first-order chi connectivity index (χ1) is 21.6. The van der Waals surface area contributed by atoms with Crippen LogP contribution in [0.3, 0.4) is 0 Å². The summed E-state index contributed by atoms with van der Waals surface area (Å²) in [6.07, 6.45) is 1.26. The largest absolute Gasteiger partial charge is 0.497 e. The van der Waals surface area contributed by atoms with Crippen LogP contribution in [0.2, 0.25) is 0 Å². The monoisotopic (exact) mass is 652 g/mol. The number of nitrogens with zero attached hydrogens (tertiary/aromatic N) is 1. The van der Waals surface area contributed by atoms with E-state index in [0.29, 0.717) is 17.1 Å². The molecule has 0 bridgehead atoms. The van der Waals surface area contributed by atoms with Crippen LogP contribution in [0, 0.1) is 6.92 Å². The molecule has 2 heterocycles. The number of methoxy groups -OCH3 is 2. The lowest BCUT2D eigenvalue weighted by atomic mass is 9.80. The normalized spacial score (nSPS) is 19.6. The molecule has 238 valence electrons. The smallest absolute Gasteiger partial charge is 0.330 e. The second kappa shape index (κ2) is 13.8. The number of ether oxygens (including phenoxy) is 4. The molecule has 0 spiro atoms. The van der Waals surface area contributed by atoms with E-state index < -0.39 is 41.9 Å². The number of benzene rings is 3. The van der Waals surface area contributed by atoms with E-state index in [2.05, 4.69) is 4.98 Å². The van der Waals surface area contributed by atoms with Gasteiger partial charge in [0.1, 0.15) is 29.4 Å². The number of hydrogen-bond acceptors (Lipinski definition) is 9. The predicted molar refractivity (Wildman–Crippen MR) is 175 cm³/mol. The highest BCUT2D eigenvalue weighted by atomic mass is 32.7. The zero-order valence-corrected chi connectivity index (χ0v) is 27.5. The first-order valence-electron chi connectivity index (χ1n) is 14.4. The Balaban J connectivity index is 1.59. The summed E-state index contributed by atoms with van der Waals surface area (Å²) in [5.41, 5.74) is 0.721. The van der Waals surface area contributed by atoms with E-state index >= 15 is 0 Å². The van der Waals surface area contributed by atoms with Crippen molar-refractivity contribution in [2.45, 2.75) is 37.4 Å². The Bertz CT molecular complexity index is 1710. The third-order valence-corrected chi connectivity index (χ3v) is 11.5. The molecule has 4 aromatic rings. The van der Waals surface area contributed by atoms with Crippen LogP contribution in [0.25, 0.3) is 0 Å². The molecule has 0 saturated carbocycles. The van der Waals surface area contributed by atoms with Crippen molar-refractivity contribution >= 4 is 18.0 Å². The van der Waals surface area contributed by atoms with Gasteiger partial charge in [-0.25, -0.2) is 4.79 Å². The van der Waals surface area contributed by atoms with Crippen LogP contribution in [-0.4, -0.2) is 55.5 Å². The molecule has 1 aromatic heterocycles. The second-order valence-corrected chi connectivity index (χ2v) is 16.0. The van der Waals surface area contributed by atoms with Gasteiger partial charge >= 0.3 is 5.69 Å².